The van der Waals surface area contributed by atoms with Gasteiger partial charge in [-0.15, -0.1) is 12.4 Å². The summed E-state index contributed by atoms with van der Waals surface area (Å²) >= 11 is 0. The lowest BCUT2D eigenvalue weighted by Gasteiger charge is -2.18. The zero-order valence-electron chi connectivity index (χ0n) is 11.7. The highest BCUT2D eigenvalue weighted by Gasteiger charge is 2.17. The summed E-state index contributed by atoms with van der Waals surface area (Å²) in [6, 6.07) is 1.82. The van der Waals surface area contributed by atoms with E-state index < -0.39 is 5.54 Å². The van der Waals surface area contributed by atoms with Crippen molar-refractivity contribution in [1.82, 2.24) is 15.1 Å². The lowest BCUT2D eigenvalue weighted by atomic mass is 10.1. The van der Waals surface area contributed by atoms with E-state index >= 15 is 0 Å². The van der Waals surface area contributed by atoms with E-state index in [4.69, 9.17) is 5.73 Å². The Morgan fingerprint density at radius 3 is 2.50 bits per heavy atom. The molecule has 0 aliphatic rings. The monoisotopic (exact) mass is 274 g/mol. The third kappa shape index (κ3) is 4.66. The van der Waals surface area contributed by atoms with Crippen molar-refractivity contribution in [3.63, 3.8) is 0 Å². The summed E-state index contributed by atoms with van der Waals surface area (Å²) in [4.78, 5) is 11.8. The van der Waals surface area contributed by atoms with E-state index in [0.29, 0.717) is 18.2 Å². The number of aromatic nitrogens is 2. The number of carbonyl (C=O) groups is 1. The number of nitrogens with two attached hydrogens (primary N) is 1. The summed E-state index contributed by atoms with van der Waals surface area (Å²) in [7, 11) is 1.85. The molecule has 0 atom stereocenters. The van der Waals surface area contributed by atoms with Crippen LogP contribution in [0.25, 0.3) is 0 Å². The van der Waals surface area contributed by atoms with Gasteiger partial charge in [0.1, 0.15) is 5.69 Å². The number of halogens is 1. The number of nitrogens with one attached hydrogen (secondary N) is 1. The van der Waals surface area contributed by atoms with Crippen LogP contribution in [0, 0.1) is 0 Å². The maximum atomic E-state index is 11.8. The maximum absolute atomic E-state index is 11.8. The fourth-order valence-electron chi connectivity index (χ4n) is 1.53. The minimum atomic E-state index is -0.411. The Morgan fingerprint density at radius 1 is 1.56 bits per heavy atom. The van der Waals surface area contributed by atoms with Crippen molar-refractivity contribution in [3.05, 3.63) is 17.5 Å². The van der Waals surface area contributed by atoms with Crippen LogP contribution in [0.2, 0.25) is 0 Å². The van der Waals surface area contributed by atoms with E-state index in [1.807, 2.05) is 27.0 Å². The van der Waals surface area contributed by atoms with Crippen LogP contribution in [-0.2, 0) is 7.05 Å². The van der Waals surface area contributed by atoms with Gasteiger partial charge < -0.3 is 11.1 Å². The fraction of sp³-hybridized carbons (Fsp3) is 0.667. The Balaban J connectivity index is 0.00000289. The van der Waals surface area contributed by atoms with E-state index in [1.54, 1.807) is 4.68 Å². The van der Waals surface area contributed by atoms with Gasteiger partial charge >= 0.3 is 0 Å². The summed E-state index contributed by atoms with van der Waals surface area (Å²) in [6.07, 6.45) is 0. The smallest absolute Gasteiger partial charge is 0.271 e. The van der Waals surface area contributed by atoms with Gasteiger partial charge in [0.2, 0.25) is 0 Å². The lowest BCUT2D eigenvalue weighted by molar-refractivity contribution is 0.0940. The first kappa shape index (κ1) is 16.9. The maximum Gasteiger partial charge on any atom is 0.271 e. The molecule has 5 nitrogen and oxygen atoms in total. The minimum absolute atomic E-state index is 0. The number of hydrogen-bond donors (Lipinski definition) is 2. The standard InChI is InChI=1S/C12H22N4O.ClH/c1-8(2)10-6-9(15-16(10)5)11(17)14-7-12(3,4)13;/h6,8H,7,13H2,1-5H3,(H,14,17);1H. The second kappa shape index (κ2) is 6.20. The van der Waals surface area contributed by atoms with Crippen LogP contribution in [0.15, 0.2) is 6.07 Å². The van der Waals surface area contributed by atoms with E-state index in [0.717, 1.165) is 5.69 Å². The quantitative estimate of drug-likeness (QED) is 0.872. The highest BCUT2D eigenvalue weighted by Crippen LogP contribution is 2.14. The molecule has 0 aliphatic heterocycles. The molecule has 1 aromatic heterocycles. The van der Waals surface area contributed by atoms with Crippen molar-refractivity contribution in [3.8, 4) is 0 Å². The molecule has 1 heterocycles. The number of carbonyl (C=O) groups excluding carboxylic acids is 1. The van der Waals surface area contributed by atoms with Gasteiger partial charge in [-0.3, -0.25) is 9.48 Å². The minimum Gasteiger partial charge on any atom is -0.349 e. The van der Waals surface area contributed by atoms with Gasteiger partial charge in [-0.2, -0.15) is 5.10 Å². The molecule has 0 unspecified atom stereocenters. The molecule has 104 valence electrons. The van der Waals surface area contributed by atoms with Crippen molar-refractivity contribution < 1.29 is 4.79 Å². The second-order valence-corrected chi connectivity index (χ2v) is 5.40. The number of hydrogen-bond acceptors (Lipinski definition) is 3. The summed E-state index contributed by atoms with van der Waals surface area (Å²) in [5.74, 6) is 0.172. The summed E-state index contributed by atoms with van der Waals surface area (Å²) < 4.78 is 1.74. The number of nitrogens with zero attached hydrogens (tertiary/aromatic N) is 2. The van der Waals surface area contributed by atoms with Crippen molar-refractivity contribution in [2.45, 2.75) is 39.2 Å². The summed E-state index contributed by atoms with van der Waals surface area (Å²) in [5, 5.41) is 6.97. The van der Waals surface area contributed by atoms with Crippen LogP contribution in [0.3, 0.4) is 0 Å². The number of aryl methyl sites for hydroxylation is 1. The van der Waals surface area contributed by atoms with Gasteiger partial charge in [0.15, 0.2) is 0 Å². The van der Waals surface area contributed by atoms with Gasteiger partial charge in [0.05, 0.1) is 0 Å². The molecule has 3 N–H and O–H groups in total. The third-order valence-electron chi connectivity index (χ3n) is 2.44. The van der Waals surface area contributed by atoms with E-state index in [9.17, 15) is 4.79 Å². The molecule has 0 saturated heterocycles. The van der Waals surface area contributed by atoms with E-state index in [2.05, 4.69) is 24.3 Å². The normalized spacial score (nSPS) is 11.3. The van der Waals surface area contributed by atoms with Gasteiger partial charge in [0, 0.05) is 24.8 Å². The van der Waals surface area contributed by atoms with Crippen LogP contribution < -0.4 is 11.1 Å². The number of amides is 1. The first-order chi connectivity index (χ1) is 7.70. The molecule has 1 aromatic rings. The molecule has 1 rings (SSSR count). The van der Waals surface area contributed by atoms with E-state index in [1.165, 1.54) is 0 Å². The van der Waals surface area contributed by atoms with Crippen molar-refractivity contribution in [1.29, 1.82) is 0 Å². The van der Waals surface area contributed by atoms with Crippen molar-refractivity contribution in [2.24, 2.45) is 12.8 Å². The first-order valence-electron chi connectivity index (χ1n) is 5.82. The highest BCUT2D eigenvalue weighted by atomic mass is 35.5. The topological polar surface area (TPSA) is 72.9 Å². The summed E-state index contributed by atoms with van der Waals surface area (Å²) in [5.41, 5.74) is 6.88. The van der Waals surface area contributed by atoms with Crippen LogP contribution in [0.4, 0.5) is 0 Å². The lowest BCUT2D eigenvalue weighted by Crippen LogP contribution is -2.45. The Morgan fingerprint density at radius 2 is 2.11 bits per heavy atom. The molecule has 0 saturated carbocycles. The van der Waals surface area contributed by atoms with Crippen molar-refractivity contribution in [2.75, 3.05) is 6.54 Å². The van der Waals surface area contributed by atoms with Crippen LogP contribution >= 0.6 is 12.4 Å². The van der Waals surface area contributed by atoms with Crippen LogP contribution in [0.5, 0.6) is 0 Å². The van der Waals surface area contributed by atoms with Gasteiger partial charge in [0.25, 0.3) is 5.91 Å². The molecule has 0 aliphatic carbocycles. The molecule has 0 fully saturated rings. The molecular formula is C12H23ClN4O. The summed E-state index contributed by atoms with van der Waals surface area (Å²) in [6.45, 7) is 8.30. The largest absolute Gasteiger partial charge is 0.349 e. The molecule has 0 spiro atoms. The Bertz CT molecular complexity index is 407. The van der Waals surface area contributed by atoms with E-state index in [-0.39, 0.29) is 18.3 Å². The second-order valence-electron chi connectivity index (χ2n) is 5.40. The number of rotatable bonds is 4. The Hall–Kier alpha value is -1.07. The average molecular weight is 275 g/mol. The zero-order valence-corrected chi connectivity index (χ0v) is 12.5. The molecule has 1 amide bonds. The van der Waals surface area contributed by atoms with Crippen LogP contribution in [0.1, 0.15) is 49.8 Å². The molecule has 0 bridgehead atoms. The first-order valence-corrected chi connectivity index (χ1v) is 5.82. The predicted octanol–water partition coefficient (Wildman–Crippen LogP) is 1.43. The predicted molar refractivity (Wildman–Crippen MR) is 75.1 cm³/mol. The van der Waals surface area contributed by atoms with Gasteiger partial charge in [-0.1, -0.05) is 13.8 Å². The molecule has 6 heteroatoms. The van der Waals surface area contributed by atoms with Crippen LogP contribution in [-0.4, -0.2) is 27.8 Å². The highest BCUT2D eigenvalue weighted by molar-refractivity contribution is 5.92. The SMILES string of the molecule is CC(C)c1cc(C(=O)NCC(C)(C)N)nn1C.Cl. The van der Waals surface area contributed by atoms with Gasteiger partial charge in [-0.25, -0.2) is 0 Å². The Kier molecular flexibility index (Phi) is 5.83. The van der Waals surface area contributed by atoms with Crippen molar-refractivity contribution >= 4 is 18.3 Å². The average Bonchev–Trinajstić information content (AvgIpc) is 2.55. The molecular weight excluding hydrogens is 252 g/mol. The fourth-order valence-corrected chi connectivity index (χ4v) is 1.53. The molecule has 0 radical (unpaired) electrons. The third-order valence-corrected chi connectivity index (χ3v) is 2.44. The van der Waals surface area contributed by atoms with Gasteiger partial charge in [-0.05, 0) is 25.8 Å². The zero-order chi connectivity index (χ0) is 13.2. The Labute approximate surface area is 115 Å². The molecule has 18 heavy (non-hydrogen) atoms. The molecule has 0 aromatic carbocycles.